The van der Waals surface area contributed by atoms with Crippen LogP contribution in [0.2, 0.25) is 0 Å². The number of alkyl halides is 3. The van der Waals surface area contributed by atoms with Crippen LogP contribution < -0.4 is 5.56 Å². The second kappa shape index (κ2) is 5.50. The number of aromatic amines is 1. The van der Waals surface area contributed by atoms with Gasteiger partial charge >= 0.3 is 6.18 Å². The predicted molar refractivity (Wildman–Crippen MR) is 79.4 cm³/mol. The Balaban J connectivity index is 1.99. The highest BCUT2D eigenvalue weighted by atomic mass is 32.1. The van der Waals surface area contributed by atoms with Gasteiger partial charge in [-0.1, -0.05) is 0 Å². The molecule has 23 heavy (non-hydrogen) atoms. The first-order valence-corrected chi connectivity index (χ1v) is 7.45. The zero-order valence-corrected chi connectivity index (χ0v) is 12.8. The molecular formula is C14H12F3N3O2S. The van der Waals surface area contributed by atoms with E-state index >= 15 is 0 Å². The number of aliphatic hydroxyl groups is 1. The van der Waals surface area contributed by atoms with Gasteiger partial charge in [-0.3, -0.25) is 4.79 Å². The number of aromatic nitrogens is 3. The molecule has 0 spiro atoms. The Morgan fingerprint density at radius 2 is 2.13 bits per heavy atom. The summed E-state index contributed by atoms with van der Waals surface area (Å²) in [5, 5.41) is 9.53. The molecular weight excluding hydrogens is 331 g/mol. The van der Waals surface area contributed by atoms with Gasteiger partial charge in [0.15, 0.2) is 0 Å². The molecule has 0 bridgehead atoms. The van der Waals surface area contributed by atoms with E-state index in [2.05, 4.69) is 9.97 Å². The van der Waals surface area contributed by atoms with Gasteiger partial charge in [-0.25, -0.2) is 4.98 Å². The van der Waals surface area contributed by atoms with Crippen LogP contribution in [0.25, 0.3) is 10.2 Å². The quantitative estimate of drug-likeness (QED) is 0.768. The topological polar surface area (TPSA) is 70.9 Å². The number of aryl methyl sites for hydroxylation is 1. The number of halogens is 3. The highest BCUT2D eigenvalue weighted by Crippen LogP contribution is 2.32. The maximum absolute atomic E-state index is 12.9. The molecule has 0 aliphatic heterocycles. The lowest BCUT2D eigenvalue weighted by molar-refractivity contribution is -0.138. The van der Waals surface area contributed by atoms with Crippen molar-refractivity contribution in [1.29, 1.82) is 0 Å². The second-order valence-corrected chi connectivity index (χ2v) is 6.35. The molecule has 3 aromatic heterocycles. The fourth-order valence-electron chi connectivity index (χ4n) is 2.37. The van der Waals surface area contributed by atoms with Gasteiger partial charge in [-0.05, 0) is 13.0 Å². The molecule has 0 aromatic carbocycles. The summed E-state index contributed by atoms with van der Waals surface area (Å²) in [5.41, 5.74) is -1.43. The Morgan fingerprint density at radius 1 is 1.39 bits per heavy atom. The molecule has 0 atom stereocenters. The van der Waals surface area contributed by atoms with E-state index in [0.717, 1.165) is 11.1 Å². The van der Waals surface area contributed by atoms with Gasteiger partial charge in [0.1, 0.15) is 10.7 Å². The van der Waals surface area contributed by atoms with E-state index in [1.165, 1.54) is 22.1 Å². The fraction of sp³-hybridized carbons (Fsp3) is 0.286. The molecule has 2 N–H and O–H groups in total. The van der Waals surface area contributed by atoms with E-state index in [1.54, 1.807) is 6.07 Å². The van der Waals surface area contributed by atoms with Crippen LogP contribution in [0.15, 0.2) is 23.3 Å². The second-order valence-electron chi connectivity index (χ2n) is 5.11. The summed E-state index contributed by atoms with van der Waals surface area (Å²) in [6, 6.07) is 1.72. The van der Waals surface area contributed by atoms with Crippen molar-refractivity contribution in [2.24, 2.45) is 0 Å². The molecule has 3 aromatic rings. The summed E-state index contributed by atoms with van der Waals surface area (Å²) < 4.78 is 39.8. The summed E-state index contributed by atoms with van der Waals surface area (Å²) in [6.45, 7) is 1.11. The molecule has 3 rings (SSSR count). The lowest BCUT2D eigenvalue weighted by atomic mass is 10.2. The van der Waals surface area contributed by atoms with Crippen molar-refractivity contribution in [3.63, 3.8) is 0 Å². The van der Waals surface area contributed by atoms with Crippen LogP contribution in [0.1, 0.15) is 21.8 Å². The third-order valence-corrected chi connectivity index (χ3v) is 4.29. The average molecular weight is 343 g/mol. The van der Waals surface area contributed by atoms with E-state index in [0.29, 0.717) is 10.2 Å². The molecule has 0 amide bonds. The maximum Gasteiger partial charge on any atom is 0.418 e. The largest absolute Gasteiger partial charge is 0.418 e. The SMILES string of the molecule is Cc1cc2c(=O)[nH]c(Cn3cc(CO)c(C(F)(F)F)c3)nc2s1. The summed E-state index contributed by atoms with van der Waals surface area (Å²) in [7, 11) is 0. The predicted octanol–water partition coefficient (Wildman–Crippen LogP) is 2.65. The van der Waals surface area contributed by atoms with E-state index in [1.807, 2.05) is 6.92 Å². The molecule has 5 nitrogen and oxygen atoms in total. The number of rotatable bonds is 3. The van der Waals surface area contributed by atoms with E-state index in [4.69, 9.17) is 5.11 Å². The van der Waals surface area contributed by atoms with Crippen LogP contribution in [-0.2, 0) is 19.3 Å². The van der Waals surface area contributed by atoms with Gasteiger partial charge < -0.3 is 14.7 Å². The maximum atomic E-state index is 12.9. The first-order chi connectivity index (χ1) is 10.8. The first kappa shape index (κ1) is 15.8. The van der Waals surface area contributed by atoms with Crippen molar-refractivity contribution in [2.75, 3.05) is 0 Å². The monoisotopic (exact) mass is 343 g/mol. The molecule has 0 radical (unpaired) electrons. The molecule has 0 saturated carbocycles. The summed E-state index contributed by atoms with van der Waals surface area (Å²) >= 11 is 1.35. The third-order valence-electron chi connectivity index (χ3n) is 3.35. The molecule has 0 unspecified atom stereocenters. The minimum atomic E-state index is -4.54. The minimum Gasteiger partial charge on any atom is -0.392 e. The highest BCUT2D eigenvalue weighted by molar-refractivity contribution is 7.18. The summed E-state index contributed by atoms with van der Waals surface area (Å²) in [4.78, 5) is 20.3. The lowest BCUT2D eigenvalue weighted by Crippen LogP contribution is -2.13. The third kappa shape index (κ3) is 3.02. The number of fused-ring (bicyclic) bond motifs is 1. The number of nitrogens with zero attached hydrogens (tertiary/aromatic N) is 2. The van der Waals surface area contributed by atoms with Crippen molar-refractivity contribution < 1.29 is 18.3 Å². The Morgan fingerprint density at radius 3 is 2.74 bits per heavy atom. The van der Waals surface area contributed by atoms with Gasteiger partial charge in [-0.2, -0.15) is 13.2 Å². The Hall–Kier alpha value is -2.13. The summed E-state index contributed by atoms with van der Waals surface area (Å²) in [5.74, 6) is 0.262. The zero-order valence-electron chi connectivity index (χ0n) is 11.9. The summed E-state index contributed by atoms with van der Waals surface area (Å²) in [6.07, 6.45) is -2.44. The molecule has 9 heteroatoms. The lowest BCUT2D eigenvalue weighted by Gasteiger charge is -2.05. The Kier molecular flexibility index (Phi) is 3.77. The van der Waals surface area contributed by atoms with Gasteiger partial charge in [0.25, 0.3) is 5.56 Å². The van der Waals surface area contributed by atoms with E-state index in [9.17, 15) is 18.0 Å². The van der Waals surface area contributed by atoms with Gasteiger partial charge in [0.05, 0.1) is 24.1 Å². The number of hydrogen-bond acceptors (Lipinski definition) is 4. The fourth-order valence-corrected chi connectivity index (χ4v) is 3.27. The number of hydrogen-bond donors (Lipinski definition) is 2. The van der Waals surface area contributed by atoms with Crippen LogP contribution >= 0.6 is 11.3 Å². The smallest absolute Gasteiger partial charge is 0.392 e. The van der Waals surface area contributed by atoms with E-state index in [-0.39, 0.29) is 23.5 Å². The molecule has 0 saturated heterocycles. The standard InChI is InChI=1S/C14H12F3N3O2S/c1-7-2-9-12(22)18-11(19-13(9)23-7)5-20-3-8(6-21)10(4-20)14(15,16)17/h2-4,21H,5-6H2,1H3,(H,18,19,22). The van der Waals surface area contributed by atoms with Crippen molar-refractivity contribution in [2.45, 2.75) is 26.3 Å². The van der Waals surface area contributed by atoms with Gasteiger partial charge in [0, 0.05) is 22.8 Å². The normalized spacial score (nSPS) is 12.2. The van der Waals surface area contributed by atoms with Crippen LogP contribution in [0.3, 0.4) is 0 Å². The molecule has 122 valence electrons. The van der Waals surface area contributed by atoms with Crippen LogP contribution in [0, 0.1) is 6.92 Å². The number of nitrogens with one attached hydrogen (secondary N) is 1. The average Bonchev–Trinajstić information content (AvgIpc) is 3.01. The molecule has 0 aliphatic carbocycles. The van der Waals surface area contributed by atoms with Crippen molar-refractivity contribution in [3.8, 4) is 0 Å². The van der Waals surface area contributed by atoms with E-state index < -0.39 is 18.3 Å². The van der Waals surface area contributed by atoms with Gasteiger partial charge in [0.2, 0.25) is 0 Å². The van der Waals surface area contributed by atoms with Crippen LogP contribution in [0.5, 0.6) is 0 Å². The Bertz CT molecular complexity index is 924. The zero-order chi connectivity index (χ0) is 16.8. The van der Waals surface area contributed by atoms with Gasteiger partial charge in [-0.15, -0.1) is 11.3 Å². The number of aliphatic hydroxyl groups excluding tert-OH is 1. The minimum absolute atomic E-state index is 0.0226. The molecule has 0 aliphatic rings. The van der Waals surface area contributed by atoms with Crippen molar-refractivity contribution in [3.05, 3.63) is 50.6 Å². The van der Waals surface area contributed by atoms with Crippen molar-refractivity contribution >= 4 is 21.6 Å². The first-order valence-electron chi connectivity index (χ1n) is 6.64. The molecule has 3 heterocycles. The van der Waals surface area contributed by atoms with Crippen LogP contribution in [0.4, 0.5) is 13.2 Å². The Labute approximate surface area is 132 Å². The van der Waals surface area contributed by atoms with Crippen molar-refractivity contribution in [1.82, 2.24) is 14.5 Å². The molecule has 0 fully saturated rings. The number of H-pyrrole nitrogens is 1. The highest BCUT2D eigenvalue weighted by Gasteiger charge is 2.34. The number of thiophene rings is 1. The van der Waals surface area contributed by atoms with Crippen LogP contribution in [-0.4, -0.2) is 19.6 Å².